The van der Waals surface area contributed by atoms with E-state index in [4.69, 9.17) is 27.9 Å². The molecule has 0 bridgehead atoms. The van der Waals surface area contributed by atoms with Crippen LogP contribution in [0.2, 0.25) is 10.0 Å². The molecule has 0 spiro atoms. The highest BCUT2D eigenvalue weighted by atomic mass is 35.5. The topological polar surface area (TPSA) is 50.4 Å². The van der Waals surface area contributed by atoms with Crippen molar-refractivity contribution in [1.29, 1.82) is 0 Å². The van der Waals surface area contributed by atoms with Crippen LogP contribution in [0.1, 0.15) is 5.56 Å². The highest BCUT2D eigenvalue weighted by molar-refractivity contribution is 6.31. The van der Waals surface area contributed by atoms with Crippen LogP contribution in [0.15, 0.2) is 36.4 Å². The molecule has 6 heteroatoms. The van der Waals surface area contributed by atoms with Crippen molar-refractivity contribution in [2.24, 2.45) is 0 Å². The molecule has 0 aliphatic rings. The number of anilines is 2. The Morgan fingerprint density at radius 1 is 1.18 bits per heavy atom. The molecular weight excluding hydrogens is 323 g/mol. The molecule has 0 saturated carbocycles. The fraction of sp³-hybridized carbons (Fsp3) is 0.188. The van der Waals surface area contributed by atoms with Gasteiger partial charge >= 0.3 is 0 Å². The van der Waals surface area contributed by atoms with Gasteiger partial charge in [0.25, 0.3) is 0 Å². The number of methoxy groups -OCH3 is 1. The van der Waals surface area contributed by atoms with Crippen molar-refractivity contribution in [2.75, 3.05) is 24.3 Å². The number of carbonyl (C=O) groups is 1. The van der Waals surface area contributed by atoms with E-state index in [1.807, 2.05) is 19.1 Å². The third-order valence-electron chi connectivity index (χ3n) is 3.06. The number of carbonyl (C=O) groups excluding carboxylic acids is 1. The molecule has 2 aromatic carbocycles. The molecule has 2 N–H and O–H groups in total. The predicted octanol–water partition coefficient (Wildman–Crippen LogP) is 4.36. The number of ether oxygens (including phenoxy) is 1. The molecule has 116 valence electrons. The number of nitrogens with one attached hydrogen (secondary N) is 2. The lowest BCUT2D eigenvalue weighted by molar-refractivity contribution is -0.114. The molecule has 0 heterocycles. The third kappa shape index (κ3) is 4.29. The number of benzene rings is 2. The molecule has 0 aliphatic carbocycles. The van der Waals surface area contributed by atoms with Crippen LogP contribution in [0.3, 0.4) is 0 Å². The van der Waals surface area contributed by atoms with Crippen LogP contribution in [0, 0.1) is 6.92 Å². The van der Waals surface area contributed by atoms with Crippen molar-refractivity contribution in [3.05, 3.63) is 52.0 Å². The summed E-state index contributed by atoms with van der Waals surface area (Å²) >= 11 is 12.0. The largest absolute Gasteiger partial charge is 0.495 e. The molecule has 0 fully saturated rings. The van der Waals surface area contributed by atoms with Gasteiger partial charge in [0.1, 0.15) is 5.75 Å². The smallest absolute Gasteiger partial charge is 0.243 e. The molecule has 0 aromatic heterocycles. The van der Waals surface area contributed by atoms with E-state index in [0.29, 0.717) is 21.5 Å². The number of aryl methyl sites for hydroxylation is 1. The van der Waals surface area contributed by atoms with E-state index in [0.717, 1.165) is 11.3 Å². The van der Waals surface area contributed by atoms with Crippen LogP contribution >= 0.6 is 23.2 Å². The Hall–Kier alpha value is -1.91. The average Bonchev–Trinajstić information content (AvgIpc) is 2.49. The summed E-state index contributed by atoms with van der Waals surface area (Å²) in [5.41, 5.74) is 2.30. The highest BCUT2D eigenvalue weighted by Crippen LogP contribution is 2.27. The van der Waals surface area contributed by atoms with E-state index < -0.39 is 0 Å². The fourth-order valence-electron chi connectivity index (χ4n) is 1.86. The maximum Gasteiger partial charge on any atom is 0.243 e. The monoisotopic (exact) mass is 338 g/mol. The molecule has 0 atom stereocenters. The first-order valence-corrected chi connectivity index (χ1v) is 7.38. The molecule has 0 radical (unpaired) electrons. The molecule has 0 saturated heterocycles. The van der Waals surface area contributed by atoms with Crippen LogP contribution in [0.4, 0.5) is 11.4 Å². The van der Waals surface area contributed by atoms with E-state index in [-0.39, 0.29) is 12.5 Å². The van der Waals surface area contributed by atoms with Crippen molar-refractivity contribution in [3.8, 4) is 5.75 Å². The Balaban J connectivity index is 1.98. The number of rotatable bonds is 5. The van der Waals surface area contributed by atoms with Gasteiger partial charge in [-0.05, 0) is 42.8 Å². The molecule has 0 aliphatic heterocycles. The van der Waals surface area contributed by atoms with Crippen LogP contribution in [0.25, 0.3) is 0 Å². The molecular formula is C16H16Cl2N2O2. The van der Waals surface area contributed by atoms with E-state index in [1.54, 1.807) is 24.3 Å². The minimum absolute atomic E-state index is 0.106. The summed E-state index contributed by atoms with van der Waals surface area (Å²) in [6.45, 7) is 2.03. The zero-order valence-electron chi connectivity index (χ0n) is 12.2. The summed E-state index contributed by atoms with van der Waals surface area (Å²) in [7, 11) is 1.53. The molecule has 2 aromatic rings. The van der Waals surface area contributed by atoms with E-state index >= 15 is 0 Å². The zero-order chi connectivity index (χ0) is 16.1. The summed E-state index contributed by atoms with van der Waals surface area (Å²) in [5, 5.41) is 6.95. The normalized spacial score (nSPS) is 10.2. The number of halogens is 2. The van der Waals surface area contributed by atoms with Gasteiger partial charge in [-0.1, -0.05) is 29.3 Å². The van der Waals surface area contributed by atoms with Gasteiger partial charge in [0.15, 0.2) is 0 Å². The lowest BCUT2D eigenvalue weighted by atomic mass is 10.2. The Bertz CT molecular complexity index is 690. The van der Waals surface area contributed by atoms with Crippen LogP contribution in [-0.2, 0) is 4.79 Å². The van der Waals surface area contributed by atoms with Crippen LogP contribution < -0.4 is 15.4 Å². The SMILES string of the molecule is COc1ccc(Cl)cc1NC(=O)CNc1ccc(C)c(Cl)c1. The predicted molar refractivity (Wildman–Crippen MR) is 91.3 cm³/mol. The maximum absolute atomic E-state index is 12.0. The Morgan fingerprint density at radius 3 is 2.64 bits per heavy atom. The van der Waals surface area contributed by atoms with Crippen molar-refractivity contribution < 1.29 is 9.53 Å². The van der Waals surface area contributed by atoms with Gasteiger partial charge in [-0.25, -0.2) is 0 Å². The fourth-order valence-corrected chi connectivity index (χ4v) is 2.21. The summed E-state index contributed by atoms with van der Waals surface area (Å²) in [5.74, 6) is 0.341. The first-order valence-electron chi connectivity index (χ1n) is 6.63. The van der Waals surface area contributed by atoms with Crippen molar-refractivity contribution in [2.45, 2.75) is 6.92 Å². The van der Waals surface area contributed by atoms with Gasteiger partial charge in [0.05, 0.1) is 19.3 Å². The van der Waals surface area contributed by atoms with Gasteiger partial charge in [0, 0.05) is 15.7 Å². The third-order valence-corrected chi connectivity index (χ3v) is 3.70. The minimum Gasteiger partial charge on any atom is -0.495 e. The molecule has 4 nitrogen and oxygen atoms in total. The second-order valence-corrected chi connectivity index (χ2v) is 5.55. The first kappa shape index (κ1) is 16.5. The van der Waals surface area contributed by atoms with Gasteiger partial charge in [0.2, 0.25) is 5.91 Å². The summed E-state index contributed by atoms with van der Waals surface area (Å²) in [6.07, 6.45) is 0. The Morgan fingerprint density at radius 2 is 1.95 bits per heavy atom. The van der Waals surface area contributed by atoms with Crippen molar-refractivity contribution in [1.82, 2.24) is 0 Å². The quantitative estimate of drug-likeness (QED) is 0.851. The molecule has 2 rings (SSSR count). The average molecular weight is 339 g/mol. The van der Waals surface area contributed by atoms with E-state index in [2.05, 4.69) is 10.6 Å². The van der Waals surface area contributed by atoms with Gasteiger partial charge in [-0.3, -0.25) is 4.79 Å². The summed E-state index contributed by atoms with van der Waals surface area (Å²) in [6, 6.07) is 10.6. The molecule has 1 amide bonds. The van der Waals surface area contributed by atoms with Gasteiger partial charge in [-0.15, -0.1) is 0 Å². The maximum atomic E-state index is 12.0. The van der Waals surface area contributed by atoms with E-state index in [9.17, 15) is 4.79 Å². The van der Waals surface area contributed by atoms with Gasteiger partial charge in [-0.2, -0.15) is 0 Å². The number of hydrogen-bond donors (Lipinski definition) is 2. The van der Waals surface area contributed by atoms with Crippen LogP contribution in [0.5, 0.6) is 5.75 Å². The first-order chi connectivity index (χ1) is 10.5. The van der Waals surface area contributed by atoms with Crippen molar-refractivity contribution in [3.63, 3.8) is 0 Å². The second-order valence-electron chi connectivity index (χ2n) is 4.71. The number of hydrogen-bond acceptors (Lipinski definition) is 3. The molecule has 0 unspecified atom stereocenters. The zero-order valence-corrected chi connectivity index (χ0v) is 13.8. The van der Waals surface area contributed by atoms with Crippen LogP contribution in [-0.4, -0.2) is 19.6 Å². The van der Waals surface area contributed by atoms with E-state index in [1.165, 1.54) is 7.11 Å². The Labute approximate surface area is 139 Å². The Kier molecular flexibility index (Phi) is 5.52. The minimum atomic E-state index is -0.211. The summed E-state index contributed by atoms with van der Waals surface area (Å²) in [4.78, 5) is 12.0. The lowest BCUT2D eigenvalue weighted by Crippen LogP contribution is -2.22. The number of amides is 1. The highest BCUT2D eigenvalue weighted by Gasteiger charge is 2.08. The molecule has 22 heavy (non-hydrogen) atoms. The van der Waals surface area contributed by atoms with Crippen molar-refractivity contribution >= 4 is 40.5 Å². The lowest BCUT2D eigenvalue weighted by Gasteiger charge is -2.12. The standard InChI is InChI=1S/C16H16Cl2N2O2/c1-10-3-5-12(8-13(10)18)19-9-16(21)20-14-7-11(17)4-6-15(14)22-2/h3-8,19H,9H2,1-2H3,(H,20,21). The van der Waals surface area contributed by atoms with Gasteiger partial charge < -0.3 is 15.4 Å². The summed E-state index contributed by atoms with van der Waals surface area (Å²) < 4.78 is 5.18. The second kappa shape index (κ2) is 7.38.